The fourth-order valence-corrected chi connectivity index (χ4v) is 5.09. The molecule has 2 aromatic carbocycles. The zero-order valence-electron chi connectivity index (χ0n) is 15.1. The highest BCUT2D eigenvalue weighted by atomic mass is 19.1. The Morgan fingerprint density at radius 1 is 1.00 bits per heavy atom. The summed E-state index contributed by atoms with van der Waals surface area (Å²) in [5.41, 5.74) is 1.87. The average molecular weight is 377 g/mol. The Kier molecular flexibility index (Phi) is 3.61. The van der Waals surface area contributed by atoms with E-state index in [1.807, 2.05) is 36.5 Å². The molecule has 3 heterocycles. The molecule has 0 saturated carbocycles. The minimum atomic E-state index is -0.791. The van der Waals surface area contributed by atoms with Crippen molar-refractivity contribution in [3.8, 4) is 0 Å². The Morgan fingerprint density at radius 3 is 2.43 bits per heavy atom. The van der Waals surface area contributed by atoms with Gasteiger partial charge in [-0.1, -0.05) is 36.4 Å². The van der Waals surface area contributed by atoms with Gasteiger partial charge in [0, 0.05) is 12.5 Å². The zero-order valence-corrected chi connectivity index (χ0v) is 15.1. The fraction of sp³-hybridized carbons (Fsp3) is 0.227. The van der Waals surface area contributed by atoms with Crippen LogP contribution in [0, 0.1) is 17.7 Å². The molecule has 0 spiro atoms. The van der Waals surface area contributed by atoms with Crippen LogP contribution in [0.2, 0.25) is 0 Å². The van der Waals surface area contributed by atoms with Crippen LogP contribution in [0.3, 0.4) is 0 Å². The number of para-hydroxylation sites is 1. The van der Waals surface area contributed by atoms with E-state index in [0.717, 1.165) is 20.9 Å². The molecule has 2 fully saturated rings. The fourth-order valence-electron chi connectivity index (χ4n) is 5.09. The van der Waals surface area contributed by atoms with E-state index in [-0.39, 0.29) is 17.5 Å². The molecule has 28 heavy (non-hydrogen) atoms. The van der Waals surface area contributed by atoms with Crippen molar-refractivity contribution in [3.63, 3.8) is 0 Å². The lowest BCUT2D eigenvalue weighted by molar-refractivity contribution is -0.884. The van der Waals surface area contributed by atoms with Gasteiger partial charge in [0.2, 0.25) is 11.8 Å². The molecule has 140 valence electrons. The molecule has 5 nitrogen and oxygen atoms in total. The predicted octanol–water partition coefficient (Wildman–Crippen LogP) is 1.51. The van der Waals surface area contributed by atoms with E-state index in [4.69, 9.17) is 0 Å². The van der Waals surface area contributed by atoms with Crippen LogP contribution in [0.1, 0.15) is 24.1 Å². The molecule has 5 atom stereocenters. The Bertz CT molecular complexity index is 1060. The highest BCUT2D eigenvalue weighted by Crippen LogP contribution is 2.45. The first kappa shape index (κ1) is 17.0. The van der Waals surface area contributed by atoms with E-state index >= 15 is 0 Å². The van der Waals surface area contributed by atoms with Crippen molar-refractivity contribution in [1.29, 1.82) is 0 Å². The number of rotatable bonds is 2. The number of hydrogen-bond acceptors (Lipinski definition) is 3. The van der Waals surface area contributed by atoms with Crippen molar-refractivity contribution in [2.24, 2.45) is 11.8 Å². The third-order valence-electron chi connectivity index (χ3n) is 6.15. The monoisotopic (exact) mass is 377 g/mol. The van der Waals surface area contributed by atoms with Gasteiger partial charge >= 0.3 is 0 Å². The minimum absolute atomic E-state index is 0.0459. The topological polar surface area (TPSA) is 58.9 Å². The maximum Gasteiger partial charge on any atom is 0.244 e. The van der Waals surface area contributed by atoms with Crippen LogP contribution >= 0.6 is 0 Å². The molecule has 1 unspecified atom stereocenters. The zero-order chi connectivity index (χ0) is 19.6. The van der Waals surface area contributed by atoms with Crippen LogP contribution in [0.4, 0.5) is 10.1 Å². The Balaban J connectivity index is 1.67. The summed E-state index contributed by atoms with van der Waals surface area (Å²) in [6, 6.07) is 12.4. The van der Waals surface area contributed by atoms with E-state index in [2.05, 4.69) is 0 Å². The summed E-state index contributed by atoms with van der Waals surface area (Å²) in [6.45, 7) is 1.45. The molecule has 0 aromatic heterocycles. The van der Waals surface area contributed by atoms with Crippen LogP contribution in [0.25, 0.3) is 6.08 Å². The molecule has 2 saturated heterocycles. The lowest BCUT2D eigenvalue weighted by Crippen LogP contribution is -3.12. The van der Waals surface area contributed by atoms with Gasteiger partial charge in [-0.2, -0.15) is 0 Å². The van der Waals surface area contributed by atoms with Crippen molar-refractivity contribution in [3.05, 3.63) is 71.7 Å². The molecule has 1 N–H and O–H groups in total. The number of fused-ring (bicyclic) bond motifs is 5. The van der Waals surface area contributed by atoms with Gasteiger partial charge in [0.15, 0.2) is 11.8 Å². The normalized spacial score (nSPS) is 30.2. The van der Waals surface area contributed by atoms with E-state index in [1.54, 1.807) is 6.07 Å². The van der Waals surface area contributed by atoms with Gasteiger partial charge in [-0.3, -0.25) is 19.3 Å². The molecule has 0 bridgehead atoms. The first-order valence-corrected chi connectivity index (χ1v) is 9.27. The number of imide groups is 1. The van der Waals surface area contributed by atoms with Gasteiger partial charge in [-0.05, 0) is 23.8 Å². The van der Waals surface area contributed by atoms with Crippen LogP contribution in [0.15, 0.2) is 54.7 Å². The van der Waals surface area contributed by atoms with Gasteiger partial charge in [0.05, 0.1) is 11.9 Å². The maximum absolute atomic E-state index is 14.4. The van der Waals surface area contributed by atoms with Crippen molar-refractivity contribution < 1.29 is 23.7 Å². The van der Waals surface area contributed by atoms with E-state index in [1.165, 1.54) is 25.1 Å². The first-order chi connectivity index (χ1) is 13.5. The van der Waals surface area contributed by atoms with Gasteiger partial charge in [-0.25, -0.2) is 9.29 Å². The summed E-state index contributed by atoms with van der Waals surface area (Å²) in [5.74, 6) is -3.18. The van der Waals surface area contributed by atoms with Gasteiger partial charge in [0.25, 0.3) is 0 Å². The molecule has 6 heteroatoms. The van der Waals surface area contributed by atoms with Gasteiger partial charge in [0.1, 0.15) is 23.7 Å². The quantitative estimate of drug-likeness (QED) is 0.808. The van der Waals surface area contributed by atoms with E-state index in [9.17, 15) is 18.8 Å². The summed E-state index contributed by atoms with van der Waals surface area (Å²) in [6.07, 6.45) is 3.81. The Labute approximate surface area is 161 Å². The van der Waals surface area contributed by atoms with Gasteiger partial charge < -0.3 is 0 Å². The number of carbonyl (C=O) groups is 3. The molecule has 3 aliphatic rings. The highest BCUT2D eigenvalue weighted by molar-refractivity contribution is 6.23. The molecule has 2 amide bonds. The molecule has 3 aliphatic heterocycles. The number of anilines is 1. The SMILES string of the molecule is CC(=O)[C@H]1[C@@H]2C(=O)N(c3ccccc3F)C(=O)[C@@H]2[C@H]2c3ccccc3C=C[NH+]21. The third-order valence-corrected chi connectivity index (χ3v) is 6.15. The van der Waals surface area contributed by atoms with Crippen LogP contribution in [-0.4, -0.2) is 23.6 Å². The Hall–Kier alpha value is -3.12. The number of ketones is 1. The lowest BCUT2D eigenvalue weighted by atomic mass is 9.84. The number of nitrogens with zero attached hydrogens (tertiary/aromatic N) is 1. The number of quaternary nitrogens is 1. The van der Waals surface area contributed by atoms with Crippen molar-refractivity contribution >= 4 is 29.4 Å². The van der Waals surface area contributed by atoms with Crippen molar-refractivity contribution in [2.45, 2.75) is 19.0 Å². The third kappa shape index (κ3) is 2.12. The second kappa shape index (κ2) is 5.94. The smallest absolute Gasteiger partial charge is 0.244 e. The van der Waals surface area contributed by atoms with Gasteiger partial charge in [-0.15, -0.1) is 0 Å². The number of carbonyl (C=O) groups excluding carboxylic acids is 3. The molecule has 0 radical (unpaired) electrons. The van der Waals surface area contributed by atoms with E-state index < -0.39 is 35.5 Å². The van der Waals surface area contributed by atoms with E-state index in [0.29, 0.717) is 0 Å². The summed E-state index contributed by atoms with van der Waals surface area (Å²) in [5, 5.41) is 0. The highest BCUT2D eigenvalue weighted by Gasteiger charge is 2.67. The molecule has 2 aromatic rings. The molecular formula is C22H18FN2O3+. The summed E-state index contributed by atoms with van der Waals surface area (Å²) >= 11 is 0. The number of nitrogens with one attached hydrogen (secondary N) is 1. The Morgan fingerprint density at radius 2 is 1.68 bits per heavy atom. The molecular weight excluding hydrogens is 359 g/mol. The van der Waals surface area contributed by atoms with Crippen molar-refractivity contribution in [1.82, 2.24) is 0 Å². The number of benzene rings is 2. The summed E-state index contributed by atoms with van der Waals surface area (Å²) in [4.78, 5) is 40.9. The van der Waals surface area contributed by atoms with Crippen LogP contribution in [0.5, 0.6) is 0 Å². The molecule has 0 aliphatic carbocycles. The average Bonchev–Trinajstić information content (AvgIpc) is 3.16. The second-order valence-corrected chi connectivity index (χ2v) is 7.54. The summed E-state index contributed by atoms with van der Waals surface area (Å²) < 4.78 is 14.4. The number of Topliss-reactive ketones (excluding diaryl/α,β-unsaturated/α-hetero) is 1. The second-order valence-electron chi connectivity index (χ2n) is 7.54. The standard InChI is InChI=1S/C22H17FN2O3/c1-12(26)19-17-18(20-14-7-3-2-6-13(14)10-11-24(19)20)22(28)25(21(17)27)16-9-5-4-8-15(16)23/h2-11,17-20H,1H3/p+1/t17-,18+,19+,20-/m1/s1. The number of amides is 2. The van der Waals surface area contributed by atoms with Crippen LogP contribution in [-0.2, 0) is 14.4 Å². The predicted molar refractivity (Wildman–Crippen MR) is 99.5 cm³/mol. The minimum Gasteiger partial charge on any atom is -0.293 e. The largest absolute Gasteiger partial charge is 0.293 e. The summed E-state index contributed by atoms with van der Waals surface area (Å²) in [7, 11) is 0. The van der Waals surface area contributed by atoms with Crippen molar-refractivity contribution in [2.75, 3.05) is 4.90 Å². The van der Waals surface area contributed by atoms with Crippen LogP contribution < -0.4 is 9.80 Å². The first-order valence-electron chi connectivity index (χ1n) is 9.27. The number of hydrogen-bond donors (Lipinski definition) is 1. The molecule has 5 rings (SSSR count). The lowest BCUT2D eigenvalue weighted by Gasteiger charge is -2.30. The maximum atomic E-state index is 14.4. The number of halogens is 1.